The Bertz CT molecular complexity index is 1300. The van der Waals surface area contributed by atoms with Gasteiger partial charge < -0.3 is 30.1 Å². The molecule has 2 aromatic carbocycles. The molecule has 4 rings (SSSR count). The zero-order valence-corrected chi connectivity index (χ0v) is 25.4. The summed E-state index contributed by atoms with van der Waals surface area (Å²) >= 11 is 0. The second-order valence-electron chi connectivity index (χ2n) is 11.6. The maximum Gasteiger partial charge on any atom is 0.389 e. The van der Waals surface area contributed by atoms with Gasteiger partial charge in [-0.1, -0.05) is 48.0 Å². The summed E-state index contributed by atoms with van der Waals surface area (Å²) in [5.41, 5.74) is 3.76. The Labute approximate surface area is 256 Å². The number of hydrogen-bond acceptors (Lipinski definition) is 6. The van der Waals surface area contributed by atoms with Gasteiger partial charge in [0.05, 0.1) is 32.0 Å². The molecule has 0 unspecified atom stereocenters. The van der Waals surface area contributed by atoms with E-state index in [-0.39, 0.29) is 44.6 Å². The number of nitrogens with one attached hydrogen (secondary N) is 2. The van der Waals surface area contributed by atoms with Crippen LogP contribution in [0.4, 0.5) is 13.2 Å². The van der Waals surface area contributed by atoms with Gasteiger partial charge in [-0.3, -0.25) is 9.59 Å². The lowest BCUT2D eigenvalue weighted by molar-refractivity contribution is -0.143. The second kappa shape index (κ2) is 15.0. The topological polar surface area (TPSA) is 100 Å². The average Bonchev–Trinajstić information content (AvgIpc) is 3.33. The summed E-state index contributed by atoms with van der Waals surface area (Å²) in [7, 11) is 3.05. The van der Waals surface area contributed by atoms with Crippen molar-refractivity contribution in [1.82, 2.24) is 15.5 Å². The number of β-amino-alcohol motifs (C(OH)–C–C–N with tert-alkyl or cyclic N) is 1. The van der Waals surface area contributed by atoms with E-state index >= 15 is 0 Å². The number of ether oxygens (including phenoxy) is 2. The third-order valence-electron chi connectivity index (χ3n) is 8.39. The monoisotopic (exact) mass is 617 g/mol. The molecule has 44 heavy (non-hydrogen) atoms. The number of alkyl halides is 3. The molecule has 8 nitrogen and oxygen atoms in total. The largest absolute Gasteiger partial charge is 0.497 e. The van der Waals surface area contributed by atoms with Gasteiger partial charge >= 0.3 is 6.18 Å². The quantitative estimate of drug-likeness (QED) is 0.387. The molecule has 0 spiro atoms. The molecule has 2 amide bonds. The molecule has 1 aliphatic carbocycles. The van der Waals surface area contributed by atoms with E-state index in [9.17, 15) is 27.9 Å². The van der Waals surface area contributed by atoms with Crippen molar-refractivity contribution in [1.29, 1.82) is 0 Å². The Kier molecular flexibility index (Phi) is 11.5. The normalized spacial score (nSPS) is 25.9. The molecule has 0 aromatic heterocycles. The van der Waals surface area contributed by atoms with Crippen molar-refractivity contribution in [3.8, 4) is 5.75 Å². The Hall–Kier alpha value is -3.41. The van der Waals surface area contributed by atoms with Gasteiger partial charge in [-0.05, 0) is 61.4 Å². The predicted molar refractivity (Wildman–Crippen MR) is 160 cm³/mol. The molecule has 1 heterocycles. The van der Waals surface area contributed by atoms with E-state index in [0.29, 0.717) is 12.8 Å². The fourth-order valence-corrected chi connectivity index (χ4v) is 5.82. The van der Waals surface area contributed by atoms with Crippen molar-refractivity contribution in [2.24, 2.45) is 0 Å². The maximum absolute atomic E-state index is 13.8. The summed E-state index contributed by atoms with van der Waals surface area (Å²) in [4.78, 5) is 28.0. The first kappa shape index (κ1) is 33.5. The standard InChI is InChI=1S/C33H42F3N3O5/c1-21-13-15-44-30-19-26(25-18-23(43-3)11-12-24(25)30)37-20-29(40)27(17-22-8-5-4-6-9-22)38-32(42)28(16-21)39(2)31(41)10-7-14-33(34,35)36/h4-6,8-9,11-13,18,26-30,37,40H,7,10,14-17,19-20H2,1-3H3,(H,38,42)/b21-13+/t26-,27-,28-,29+,30+/m0/s1. The minimum absolute atomic E-state index is 0.115. The highest BCUT2D eigenvalue weighted by Crippen LogP contribution is 2.42. The van der Waals surface area contributed by atoms with Crippen LogP contribution in [0.25, 0.3) is 0 Å². The van der Waals surface area contributed by atoms with Crippen LogP contribution in [0.1, 0.15) is 67.9 Å². The van der Waals surface area contributed by atoms with Gasteiger partial charge in [0.1, 0.15) is 11.8 Å². The molecule has 2 bridgehead atoms. The van der Waals surface area contributed by atoms with Gasteiger partial charge in [0.15, 0.2) is 0 Å². The summed E-state index contributed by atoms with van der Waals surface area (Å²) in [6, 6.07) is 13.5. The van der Waals surface area contributed by atoms with E-state index in [1.54, 1.807) is 7.11 Å². The molecule has 1 aliphatic heterocycles. The first-order valence-corrected chi connectivity index (χ1v) is 15.0. The number of aliphatic hydroxyl groups excluding tert-OH is 1. The fourth-order valence-electron chi connectivity index (χ4n) is 5.82. The molecule has 0 fully saturated rings. The van der Waals surface area contributed by atoms with E-state index in [2.05, 4.69) is 10.6 Å². The Morgan fingerprint density at radius 3 is 2.61 bits per heavy atom. The smallest absolute Gasteiger partial charge is 0.389 e. The van der Waals surface area contributed by atoms with Crippen LogP contribution in [0.3, 0.4) is 0 Å². The van der Waals surface area contributed by atoms with Crippen molar-refractivity contribution in [3.63, 3.8) is 0 Å². The number of amides is 2. The Morgan fingerprint density at radius 1 is 1.16 bits per heavy atom. The van der Waals surface area contributed by atoms with Gasteiger partial charge in [-0.25, -0.2) is 0 Å². The first-order valence-electron chi connectivity index (χ1n) is 15.0. The number of benzene rings is 2. The molecular weight excluding hydrogens is 575 g/mol. The van der Waals surface area contributed by atoms with Crippen LogP contribution in [0.2, 0.25) is 0 Å². The highest BCUT2D eigenvalue weighted by molar-refractivity contribution is 5.88. The minimum Gasteiger partial charge on any atom is -0.497 e. The summed E-state index contributed by atoms with van der Waals surface area (Å²) < 4.78 is 49.8. The van der Waals surface area contributed by atoms with E-state index in [1.165, 1.54) is 11.9 Å². The molecule has 3 N–H and O–H groups in total. The zero-order chi connectivity index (χ0) is 31.9. The average molecular weight is 618 g/mol. The highest BCUT2D eigenvalue weighted by atomic mass is 19.4. The lowest BCUT2D eigenvalue weighted by Gasteiger charge is -2.32. The Morgan fingerprint density at radius 2 is 1.91 bits per heavy atom. The fraction of sp³-hybridized carbons (Fsp3) is 0.515. The number of rotatable bonds is 7. The molecule has 2 aliphatic rings. The first-order chi connectivity index (χ1) is 20.9. The number of methoxy groups -OCH3 is 1. The van der Waals surface area contributed by atoms with E-state index in [1.807, 2.05) is 61.5 Å². The number of nitrogens with zero attached hydrogens (tertiary/aromatic N) is 1. The Balaban J connectivity index is 1.62. The number of aliphatic hydroxyl groups is 1. The molecule has 240 valence electrons. The van der Waals surface area contributed by atoms with Crippen molar-refractivity contribution < 1.29 is 37.3 Å². The third-order valence-corrected chi connectivity index (χ3v) is 8.39. The molecular formula is C33H42F3N3O5. The number of carbonyl (C=O) groups excluding carboxylic acids is 2. The minimum atomic E-state index is -4.36. The predicted octanol–water partition coefficient (Wildman–Crippen LogP) is 4.79. The molecule has 0 radical (unpaired) electrons. The van der Waals surface area contributed by atoms with Crippen molar-refractivity contribution in [2.75, 3.05) is 27.3 Å². The molecule has 0 saturated carbocycles. The van der Waals surface area contributed by atoms with Crippen LogP contribution in [0.15, 0.2) is 60.2 Å². The molecule has 0 saturated heterocycles. The van der Waals surface area contributed by atoms with Crippen molar-refractivity contribution in [3.05, 3.63) is 76.9 Å². The van der Waals surface area contributed by atoms with Crippen LogP contribution in [0.5, 0.6) is 5.75 Å². The third kappa shape index (κ3) is 9.06. The lowest BCUT2D eigenvalue weighted by Crippen LogP contribution is -2.55. The number of carbonyl (C=O) groups is 2. The summed E-state index contributed by atoms with van der Waals surface area (Å²) in [6.07, 6.45) is -4.32. The van der Waals surface area contributed by atoms with Crippen LogP contribution >= 0.6 is 0 Å². The van der Waals surface area contributed by atoms with Crippen LogP contribution in [0, 0.1) is 0 Å². The van der Waals surface area contributed by atoms with Gasteiger partial charge in [0, 0.05) is 32.5 Å². The van der Waals surface area contributed by atoms with Gasteiger partial charge in [0.25, 0.3) is 0 Å². The summed E-state index contributed by atoms with van der Waals surface area (Å²) in [5.74, 6) is -0.321. The highest BCUT2D eigenvalue weighted by Gasteiger charge is 2.35. The molecule has 11 heteroatoms. The van der Waals surface area contributed by atoms with Crippen molar-refractivity contribution >= 4 is 11.8 Å². The number of likely N-dealkylation sites (N-methyl/N-ethyl adjacent to an activating group) is 1. The second-order valence-corrected chi connectivity index (χ2v) is 11.6. The number of halogens is 3. The maximum atomic E-state index is 13.8. The van der Waals surface area contributed by atoms with Gasteiger partial charge in [-0.15, -0.1) is 0 Å². The van der Waals surface area contributed by atoms with Crippen LogP contribution in [-0.2, 0) is 20.7 Å². The lowest BCUT2D eigenvalue weighted by atomic mass is 9.98. The number of hydrogen-bond donors (Lipinski definition) is 3. The van der Waals surface area contributed by atoms with Crippen molar-refractivity contribution in [2.45, 2.75) is 82.0 Å². The van der Waals surface area contributed by atoms with Crippen LogP contribution < -0.4 is 15.4 Å². The van der Waals surface area contributed by atoms with Gasteiger partial charge in [-0.2, -0.15) is 13.2 Å². The zero-order valence-electron chi connectivity index (χ0n) is 25.4. The van der Waals surface area contributed by atoms with E-state index in [4.69, 9.17) is 9.47 Å². The molecule has 5 atom stereocenters. The number of fused-ring (bicyclic) bond motifs is 5. The SMILES string of the molecule is COc1ccc2c(c1)[C@@H]1C[C@H]2OC/C=C(\C)C[C@H](N(C)C(=O)CCCC(F)(F)F)C(=O)N[C@@H](Cc2ccccc2)[C@H](O)CN1. The molecule has 2 aromatic rings. The van der Waals surface area contributed by atoms with E-state index < -0.39 is 42.6 Å². The van der Waals surface area contributed by atoms with Crippen LogP contribution in [-0.4, -0.2) is 73.5 Å². The summed E-state index contributed by atoms with van der Waals surface area (Å²) in [6.45, 7) is 2.27. The van der Waals surface area contributed by atoms with Gasteiger partial charge in [0.2, 0.25) is 11.8 Å². The summed E-state index contributed by atoms with van der Waals surface area (Å²) in [5, 5.41) is 17.9. The van der Waals surface area contributed by atoms with E-state index in [0.717, 1.165) is 28.0 Å².